The number of nitrogens with zero attached hydrogens (tertiary/aromatic N) is 1. The average Bonchev–Trinajstić information content (AvgIpc) is 2.61. The van der Waals surface area contributed by atoms with E-state index < -0.39 is 5.51 Å². The van der Waals surface area contributed by atoms with Gasteiger partial charge < -0.3 is 4.74 Å². The third kappa shape index (κ3) is 6.96. The van der Waals surface area contributed by atoms with Gasteiger partial charge >= 0.3 is 5.51 Å². The molecule has 1 heterocycles. The number of hydrogen-bond donors (Lipinski definition) is 1. The Balaban J connectivity index is 0.00000210. The molecular weight excluding hydrogens is 444 g/mol. The fraction of sp³-hybridized carbons (Fsp3) is 0.400. The van der Waals surface area contributed by atoms with Crippen molar-refractivity contribution >= 4 is 36.6 Å². The van der Waals surface area contributed by atoms with E-state index in [9.17, 15) is 13.2 Å². The highest BCUT2D eigenvalue weighted by atomic mass is 35.5. The Labute approximate surface area is 186 Å². The zero-order chi connectivity index (χ0) is 19.4. The summed E-state index contributed by atoms with van der Waals surface area (Å²) in [5.74, 6) is 7.10. The molecule has 9 heteroatoms. The van der Waals surface area contributed by atoms with Crippen LogP contribution in [0.4, 0.5) is 13.2 Å². The SMILES string of the molecule is COc1ccc(SC(F)(F)F)cc1CC1CCCN(N)C1c1ccccc1.Cl.Cl. The quantitative estimate of drug-likeness (QED) is 0.429. The van der Waals surface area contributed by atoms with Crippen LogP contribution in [0.15, 0.2) is 53.4 Å². The second kappa shape index (κ2) is 11.3. The van der Waals surface area contributed by atoms with Crippen molar-refractivity contribution < 1.29 is 17.9 Å². The molecule has 2 N–H and O–H groups in total. The van der Waals surface area contributed by atoms with Crippen molar-refractivity contribution in [3.8, 4) is 5.75 Å². The molecule has 1 saturated heterocycles. The maximum Gasteiger partial charge on any atom is 0.446 e. The average molecular weight is 469 g/mol. The van der Waals surface area contributed by atoms with Gasteiger partial charge in [-0.15, -0.1) is 24.8 Å². The van der Waals surface area contributed by atoms with E-state index in [2.05, 4.69) is 12.1 Å². The lowest BCUT2D eigenvalue weighted by atomic mass is 9.81. The first-order chi connectivity index (χ1) is 12.9. The maximum absolute atomic E-state index is 12.8. The van der Waals surface area contributed by atoms with Crippen LogP contribution in [-0.2, 0) is 6.42 Å². The van der Waals surface area contributed by atoms with Crippen LogP contribution in [0.3, 0.4) is 0 Å². The number of ether oxygens (including phenoxy) is 1. The normalized spacial score (nSPS) is 19.8. The van der Waals surface area contributed by atoms with E-state index in [-0.39, 0.29) is 53.4 Å². The van der Waals surface area contributed by atoms with Crippen LogP contribution in [0, 0.1) is 5.92 Å². The van der Waals surface area contributed by atoms with Gasteiger partial charge in [-0.3, -0.25) is 5.84 Å². The van der Waals surface area contributed by atoms with Crippen molar-refractivity contribution in [3.63, 3.8) is 0 Å². The Hall–Kier alpha value is -1.12. The number of methoxy groups -OCH3 is 1. The van der Waals surface area contributed by atoms with Gasteiger partial charge in [-0.1, -0.05) is 30.3 Å². The highest BCUT2D eigenvalue weighted by Gasteiger charge is 2.33. The molecule has 2 unspecified atom stereocenters. The molecule has 29 heavy (non-hydrogen) atoms. The molecule has 0 spiro atoms. The molecule has 0 amide bonds. The molecule has 1 aliphatic rings. The van der Waals surface area contributed by atoms with Crippen molar-refractivity contribution in [1.82, 2.24) is 5.01 Å². The van der Waals surface area contributed by atoms with Crippen molar-refractivity contribution in [2.24, 2.45) is 11.8 Å². The highest BCUT2D eigenvalue weighted by Crippen LogP contribution is 2.41. The van der Waals surface area contributed by atoms with Crippen LogP contribution in [0.5, 0.6) is 5.75 Å². The summed E-state index contributed by atoms with van der Waals surface area (Å²) in [4.78, 5) is 0.176. The Morgan fingerprint density at radius 3 is 2.45 bits per heavy atom. The molecule has 2 aromatic carbocycles. The van der Waals surface area contributed by atoms with E-state index in [4.69, 9.17) is 10.6 Å². The Bertz CT molecular complexity index is 765. The topological polar surface area (TPSA) is 38.5 Å². The lowest BCUT2D eigenvalue weighted by Crippen LogP contribution is -2.44. The summed E-state index contributed by atoms with van der Waals surface area (Å²) in [6.45, 7) is 0.803. The molecule has 0 aromatic heterocycles. The van der Waals surface area contributed by atoms with Crippen LogP contribution in [0.1, 0.15) is 30.0 Å². The highest BCUT2D eigenvalue weighted by molar-refractivity contribution is 8.00. The summed E-state index contributed by atoms with van der Waals surface area (Å²) in [7, 11) is 1.54. The van der Waals surface area contributed by atoms with Crippen LogP contribution in [-0.4, -0.2) is 24.2 Å². The number of thioether (sulfide) groups is 1. The van der Waals surface area contributed by atoms with Gasteiger partial charge in [0.05, 0.1) is 13.2 Å². The van der Waals surface area contributed by atoms with Crippen LogP contribution < -0.4 is 10.6 Å². The van der Waals surface area contributed by atoms with Crippen molar-refractivity contribution in [2.75, 3.05) is 13.7 Å². The first-order valence-corrected chi connectivity index (χ1v) is 9.68. The van der Waals surface area contributed by atoms with Gasteiger partial charge in [-0.25, -0.2) is 5.01 Å². The monoisotopic (exact) mass is 468 g/mol. The first-order valence-electron chi connectivity index (χ1n) is 8.86. The molecule has 3 nitrogen and oxygen atoms in total. The lowest BCUT2D eigenvalue weighted by Gasteiger charge is -2.39. The van der Waals surface area contributed by atoms with Crippen molar-refractivity contribution in [2.45, 2.75) is 35.7 Å². The van der Waals surface area contributed by atoms with Crippen molar-refractivity contribution in [1.29, 1.82) is 0 Å². The third-order valence-electron chi connectivity index (χ3n) is 4.90. The van der Waals surface area contributed by atoms with Crippen LogP contribution in [0.25, 0.3) is 0 Å². The van der Waals surface area contributed by atoms with Gasteiger partial charge in [0.2, 0.25) is 0 Å². The van der Waals surface area contributed by atoms with E-state index in [1.54, 1.807) is 19.2 Å². The number of halogens is 5. The summed E-state index contributed by atoms with van der Waals surface area (Å²) in [5, 5.41) is 1.85. The smallest absolute Gasteiger partial charge is 0.446 e. The summed E-state index contributed by atoms with van der Waals surface area (Å²) < 4.78 is 43.7. The molecule has 0 bridgehead atoms. The van der Waals surface area contributed by atoms with E-state index in [1.807, 2.05) is 23.2 Å². The zero-order valence-corrected chi connectivity index (χ0v) is 18.3. The van der Waals surface area contributed by atoms with E-state index in [1.165, 1.54) is 6.07 Å². The molecule has 0 aliphatic carbocycles. The van der Waals surface area contributed by atoms with Crippen molar-refractivity contribution in [3.05, 3.63) is 59.7 Å². The Morgan fingerprint density at radius 1 is 1.14 bits per heavy atom. The van der Waals surface area contributed by atoms with Gasteiger partial charge in [0, 0.05) is 11.4 Å². The predicted molar refractivity (Wildman–Crippen MR) is 116 cm³/mol. The summed E-state index contributed by atoms with van der Waals surface area (Å²) in [6, 6.07) is 14.7. The molecule has 1 aliphatic heterocycles. The minimum atomic E-state index is -4.31. The lowest BCUT2D eigenvalue weighted by molar-refractivity contribution is -0.0328. The van der Waals surface area contributed by atoms with E-state index in [0.717, 1.165) is 30.5 Å². The maximum atomic E-state index is 12.8. The molecule has 2 aromatic rings. The second-order valence-corrected chi connectivity index (χ2v) is 7.86. The summed E-state index contributed by atoms with van der Waals surface area (Å²) in [5.41, 5.74) is -2.39. The van der Waals surface area contributed by atoms with Gasteiger partial charge in [0.1, 0.15) is 5.75 Å². The molecular formula is C20H25Cl2F3N2OS. The second-order valence-electron chi connectivity index (χ2n) is 6.72. The Morgan fingerprint density at radius 2 is 1.83 bits per heavy atom. The summed E-state index contributed by atoms with van der Waals surface area (Å²) in [6.07, 6.45) is 2.54. The minimum absolute atomic E-state index is 0. The van der Waals surface area contributed by atoms with Gasteiger partial charge in [0.25, 0.3) is 0 Å². The number of alkyl halides is 3. The number of piperidine rings is 1. The fourth-order valence-electron chi connectivity index (χ4n) is 3.83. The minimum Gasteiger partial charge on any atom is -0.496 e. The molecule has 162 valence electrons. The molecule has 2 atom stereocenters. The number of hydrazine groups is 1. The standard InChI is InChI=1S/C20H23F3N2OS.2ClH/c1-26-18-10-9-17(27-20(21,22)23)13-16(18)12-15-8-5-11-25(24)19(15)14-6-3-2-4-7-14;;/h2-4,6-7,9-10,13,15,19H,5,8,11-12,24H2,1H3;2*1H. The molecule has 0 saturated carbocycles. The number of rotatable bonds is 5. The van der Waals surface area contributed by atoms with Gasteiger partial charge in [0.15, 0.2) is 0 Å². The number of nitrogens with two attached hydrogens (primary N) is 1. The zero-order valence-electron chi connectivity index (χ0n) is 15.9. The fourth-order valence-corrected chi connectivity index (χ4v) is 4.43. The third-order valence-corrected chi connectivity index (χ3v) is 5.62. The van der Waals surface area contributed by atoms with Gasteiger partial charge in [-0.2, -0.15) is 13.2 Å². The summed E-state index contributed by atoms with van der Waals surface area (Å²) >= 11 is -0.0968. The largest absolute Gasteiger partial charge is 0.496 e. The molecule has 0 radical (unpaired) electrons. The Kier molecular flexibility index (Phi) is 10.1. The van der Waals surface area contributed by atoms with Gasteiger partial charge in [-0.05, 0) is 66.3 Å². The predicted octanol–water partition coefficient (Wildman–Crippen LogP) is 6.02. The van der Waals surface area contributed by atoms with E-state index >= 15 is 0 Å². The number of benzene rings is 2. The molecule has 3 rings (SSSR count). The van der Waals surface area contributed by atoms with Crippen LogP contribution in [0.2, 0.25) is 0 Å². The number of hydrogen-bond acceptors (Lipinski definition) is 4. The molecule has 1 fully saturated rings. The van der Waals surface area contributed by atoms with Crippen LogP contribution >= 0.6 is 36.6 Å². The first kappa shape index (κ1) is 25.9. The van der Waals surface area contributed by atoms with E-state index in [0.29, 0.717) is 12.2 Å².